The summed E-state index contributed by atoms with van der Waals surface area (Å²) < 4.78 is 7.58. The van der Waals surface area contributed by atoms with Crippen LogP contribution in [-0.2, 0) is 0 Å². The van der Waals surface area contributed by atoms with Gasteiger partial charge in [-0.05, 0) is 72.7 Å². The van der Waals surface area contributed by atoms with Crippen LogP contribution in [0.1, 0.15) is 18.9 Å². The van der Waals surface area contributed by atoms with E-state index in [-0.39, 0.29) is 0 Å². The molecule has 0 aliphatic carbocycles. The lowest BCUT2D eigenvalue weighted by Crippen LogP contribution is -1.96. The normalized spacial score (nSPS) is 11.1. The highest BCUT2D eigenvalue weighted by atomic mass is 35.5. The van der Waals surface area contributed by atoms with Crippen LogP contribution in [0.25, 0.3) is 11.4 Å². The number of hydrogen-bond donors (Lipinski definition) is 1. The smallest absolute Gasteiger partial charge is 0.216 e. The second-order valence-electron chi connectivity index (χ2n) is 5.33. The first-order chi connectivity index (χ1) is 12.2. The first-order valence-corrected chi connectivity index (χ1v) is 8.66. The first kappa shape index (κ1) is 17.4. The van der Waals surface area contributed by atoms with Crippen LogP contribution in [0.4, 0.5) is 0 Å². The maximum atomic E-state index is 5.93. The Labute approximate surface area is 155 Å². The van der Waals surface area contributed by atoms with E-state index in [1.54, 1.807) is 23.0 Å². The fraction of sp³-hybridized carbons (Fsp3) is 0.167. The van der Waals surface area contributed by atoms with Gasteiger partial charge in [-0.15, -0.1) is 0 Å². The van der Waals surface area contributed by atoms with Crippen molar-refractivity contribution < 1.29 is 4.74 Å². The summed E-state index contributed by atoms with van der Waals surface area (Å²) in [5.41, 5.74) is 1.81. The fourth-order valence-corrected chi connectivity index (χ4v) is 2.48. The molecule has 1 N–H and O–H groups in total. The molecule has 1 heterocycles. The molecule has 7 heteroatoms. The predicted molar refractivity (Wildman–Crippen MR) is 103 cm³/mol. The molecule has 128 valence electrons. The van der Waals surface area contributed by atoms with Crippen LogP contribution in [0, 0.1) is 4.77 Å². The van der Waals surface area contributed by atoms with Crippen molar-refractivity contribution in [3.63, 3.8) is 0 Å². The summed E-state index contributed by atoms with van der Waals surface area (Å²) in [6.07, 6.45) is 2.71. The van der Waals surface area contributed by atoms with Gasteiger partial charge in [-0.1, -0.05) is 18.5 Å². The van der Waals surface area contributed by atoms with Gasteiger partial charge < -0.3 is 4.74 Å². The maximum Gasteiger partial charge on any atom is 0.216 e. The molecule has 2 aromatic carbocycles. The van der Waals surface area contributed by atoms with E-state index < -0.39 is 0 Å². The number of rotatable bonds is 6. The first-order valence-electron chi connectivity index (χ1n) is 7.88. The molecule has 3 rings (SSSR count). The summed E-state index contributed by atoms with van der Waals surface area (Å²) in [6, 6.07) is 15.1. The molecule has 0 fully saturated rings. The van der Waals surface area contributed by atoms with E-state index >= 15 is 0 Å². The van der Waals surface area contributed by atoms with E-state index in [0.29, 0.717) is 22.2 Å². The van der Waals surface area contributed by atoms with Gasteiger partial charge >= 0.3 is 0 Å². The average molecular weight is 373 g/mol. The van der Waals surface area contributed by atoms with Gasteiger partial charge in [0, 0.05) is 10.6 Å². The number of nitrogens with zero attached hydrogens (tertiary/aromatic N) is 3. The second kappa shape index (κ2) is 8.09. The van der Waals surface area contributed by atoms with Gasteiger partial charge in [-0.3, -0.25) is 0 Å². The lowest BCUT2D eigenvalue weighted by atomic mass is 10.2. The quantitative estimate of drug-likeness (QED) is 0.493. The standard InChI is InChI=1S/C18H17ClN4OS/c1-2-11-24-16-9-3-13(4-10-16)12-20-23-17(21-22-18(23)25)14-5-7-15(19)8-6-14/h3-10,12H,2,11H2,1H3,(H,22,25)/b20-12+. The monoisotopic (exact) mass is 372 g/mol. The van der Waals surface area contributed by atoms with Gasteiger partial charge in [-0.2, -0.15) is 14.9 Å². The third-order valence-corrected chi connectivity index (χ3v) is 3.94. The largest absolute Gasteiger partial charge is 0.494 e. The molecule has 0 bridgehead atoms. The molecule has 0 atom stereocenters. The molecule has 0 aliphatic heterocycles. The summed E-state index contributed by atoms with van der Waals surface area (Å²) in [5, 5.41) is 12.1. The van der Waals surface area contributed by atoms with Crippen molar-refractivity contribution in [2.45, 2.75) is 13.3 Å². The predicted octanol–water partition coefficient (Wildman–Crippen LogP) is 4.93. The van der Waals surface area contributed by atoms with Crippen molar-refractivity contribution in [3.05, 3.63) is 63.9 Å². The van der Waals surface area contributed by atoms with Gasteiger partial charge in [0.1, 0.15) is 5.75 Å². The van der Waals surface area contributed by atoms with E-state index in [1.165, 1.54) is 0 Å². The van der Waals surface area contributed by atoms with Crippen molar-refractivity contribution in [2.24, 2.45) is 5.10 Å². The highest BCUT2D eigenvalue weighted by Gasteiger charge is 2.07. The van der Waals surface area contributed by atoms with Gasteiger partial charge in [0.25, 0.3) is 0 Å². The number of nitrogens with one attached hydrogen (secondary N) is 1. The number of H-pyrrole nitrogens is 1. The molecular weight excluding hydrogens is 356 g/mol. The Bertz CT molecular complexity index is 913. The molecule has 0 saturated carbocycles. The fourth-order valence-electron chi connectivity index (χ4n) is 2.18. The van der Waals surface area contributed by atoms with Crippen LogP contribution in [0.5, 0.6) is 5.75 Å². The topological polar surface area (TPSA) is 55.2 Å². The zero-order valence-corrected chi connectivity index (χ0v) is 15.2. The molecule has 0 unspecified atom stereocenters. The third kappa shape index (κ3) is 4.35. The minimum Gasteiger partial charge on any atom is -0.494 e. The summed E-state index contributed by atoms with van der Waals surface area (Å²) in [7, 11) is 0. The highest BCUT2D eigenvalue weighted by molar-refractivity contribution is 7.71. The molecule has 0 aliphatic rings. The molecule has 5 nitrogen and oxygen atoms in total. The zero-order valence-electron chi connectivity index (χ0n) is 13.6. The van der Waals surface area contributed by atoms with Gasteiger partial charge in [0.2, 0.25) is 4.77 Å². The van der Waals surface area contributed by atoms with Crippen molar-refractivity contribution in [3.8, 4) is 17.1 Å². The summed E-state index contributed by atoms with van der Waals surface area (Å²) >= 11 is 11.2. The van der Waals surface area contributed by atoms with E-state index in [9.17, 15) is 0 Å². The lowest BCUT2D eigenvalue weighted by Gasteiger charge is -2.04. The van der Waals surface area contributed by atoms with Crippen LogP contribution in [0.15, 0.2) is 53.6 Å². The molecule has 1 aromatic heterocycles. The summed E-state index contributed by atoms with van der Waals surface area (Å²) in [6.45, 7) is 2.79. The average Bonchev–Trinajstić information content (AvgIpc) is 3.00. The van der Waals surface area contributed by atoms with E-state index in [2.05, 4.69) is 22.2 Å². The Kier molecular flexibility index (Phi) is 5.63. The van der Waals surface area contributed by atoms with Crippen molar-refractivity contribution >= 4 is 30.0 Å². The molecule has 0 amide bonds. The SMILES string of the molecule is CCCOc1ccc(/C=N/n2c(-c3ccc(Cl)cc3)n[nH]c2=S)cc1. The van der Waals surface area contributed by atoms with Crippen LogP contribution in [0.3, 0.4) is 0 Å². The van der Waals surface area contributed by atoms with E-state index in [1.807, 2.05) is 36.4 Å². The number of aromatic amines is 1. The molecule has 0 spiro atoms. The Morgan fingerprint density at radius 3 is 2.60 bits per heavy atom. The highest BCUT2D eigenvalue weighted by Crippen LogP contribution is 2.20. The maximum absolute atomic E-state index is 5.93. The Morgan fingerprint density at radius 2 is 1.92 bits per heavy atom. The molecule has 0 saturated heterocycles. The lowest BCUT2D eigenvalue weighted by molar-refractivity contribution is 0.317. The zero-order chi connectivity index (χ0) is 17.6. The Morgan fingerprint density at radius 1 is 1.20 bits per heavy atom. The molecular formula is C18H17ClN4OS. The van der Waals surface area contributed by atoms with Crippen molar-refractivity contribution in [1.29, 1.82) is 0 Å². The molecule has 0 radical (unpaired) electrons. The van der Waals surface area contributed by atoms with Crippen LogP contribution in [-0.4, -0.2) is 27.7 Å². The van der Waals surface area contributed by atoms with Crippen LogP contribution < -0.4 is 4.74 Å². The third-order valence-electron chi connectivity index (χ3n) is 3.43. The van der Waals surface area contributed by atoms with E-state index in [0.717, 1.165) is 23.3 Å². The van der Waals surface area contributed by atoms with Gasteiger partial charge in [-0.25, -0.2) is 5.10 Å². The Hall–Kier alpha value is -2.44. The van der Waals surface area contributed by atoms with Crippen LogP contribution in [0.2, 0.25) is 5.02 Å². The van der Waals surface area contributed by atoms with Crippen molar-refractivity contribution in [2.75, 3.05) is 6.61 Å². The summed E-state index contributed by atoms with van der Waals surface area (Å²) in [5.74, 6) is 1.47. The van der Waals surface area contributed by atoms with Crippen molar-refractivity contribution in [1.82, 2.24) is 14.9 Å². The number of halogens is 1. The van der Waals surface area contributed by atoms with Crippen LogP contribution >= 0.6 is 23.8 Å². The second-order valence-corrected chi connectivity index (χ2v) is 6.16. The minimum atomic E-state index is 0.420. The summed E-state index contributed by atoms with van der Waals surface area (Å²) in [4.78, 5) is 0. The number of hydrogen-bond acceptors (Lipinski definition) is 4. The number of aromatic nitrogens is 3. The van der Waals surface area contributed by atoms with Gasteiger partial charge in [0.05, 0.1) is 12.8 Å². The Balaban J connectivity index is 1.83. The van der Waals surface area contributed by atoms with E-state index in [4.69, 9.17) is 28.6 Å². The number of benzene rings is 2. The molecule has 25 heavy (non-hydrogen) atoms. The molecule has 3 aromatic rings. The number of ether oxygens (including phenoxy) is 1. The minimum absolute atomic E-state index is 0.420. The van der Waals surface area contributed by atoms with Gasteiger partial charge in [0.15, 0.2) is 5.82 Å².